The molecule has 50 heavy (non-hydrogen) atoms. The van der Waals surface area contributed by atoms with Gasteiger partial charge >= 0.3 is 0 Å². The van der Waals surface area contributed by atoms with Crippen molar-refractivity contribution in [2.75, 3.05) is 51.3 Å². The minimum atomic E-state index is -0.538. The van der Waals surface area contributed by atoms with Crippen LogP contribution >= 0.6 is 0 Å². The molecule has 0 aliphatic carbocycles. The van der Waals surface area contributed by atoms with Crippen LogP contribution in [0.3, 0.4) is 0 Å². The molecule has 258 valence electrons. The number of ether oxygens (including phenoxy) is 1. The summed E-state index contributed by atoms with van der Waals surface area (Å²) in [6.07, 6.45) is 7.08. The van der Waals surface area contributed by atoms with Gasteiger partial charge in [-0.1, -0.05) is 17.4 Å². The highest BCUT2D eigenvalue weighted by atomic mass is 19.1. The Balaban J connectivity index is 1.18. The maximum atomic E-state index is 16.6. The Bertz CT molecular complexity index is 2110. The van der Waals surface area contributed by atoms with E-state index in [2.05, 4.69) is 20.3 Å². The summed E-state index contributed by atoms with van der Waals surface area (Å²) in [5.74, 6) is -0.986. The number of pyridine rings is 1. The van der Waals surface area contributed by atoms with Crippen LogP contribution in [-0.4, -0.2) is 93.0 Å². The Labute approximate surface area is 285 Å². The van der Waals surface area contributed by atoms with Gasteiger partial charge in [-0.15, -0.1) is 5.10 Å². The summed E-state index contributed by atoms with van der Waals surface area (Å²) in [6.45, 7) is 4.33. The van der Waals surface area contributed by atoms with Gasteiger partial charge in [0.25, 0.3) is 5.91 Å². The van der Waals surface area contributed by atoms with Crippen molar-refractivity contribution in [3.05, 3.63) is 95.3 Å². The first kappa shape index (κ1) is 32.9. The molecule has 0 spiro atoms. The second kappa shape index (κ2) is 13.7. The molecule has 5 aromatic rings. The number of fused-ring (bicyclic) bond motifs is 1. The minimum Gasteiger partial charge on any atom is -0.493 e. The summed E-state index contributed by atoms with van der Waals surface area (Å²) in [5.41, 5.74) is 3.04. The normalized spacial score (nSPS) is 15.1. The first-order valence-electron chi connectivity index (χ1n) is 16.4. The topological polar surface area (TPSA) is 112 Å². The number of piperazine rings is 1. The zero-order valence-electron chi connectivity index (χ0n) is 27.6. The Morgan fingerprint density at radius 2 is 1.80 bits per heavy atom. The molecule has 11 nitrogen and oxygen atoms in total. The van der Waals surface area contributed by atoms with Gasteiger partial charge in [0.2, 0.25) is 5.91 Å². The lowest BCUT2D eigenvalue weighted by atomic mass is 9.92. The molecule has 14 heteroatoms. The average molecular weight is 685 g/mol. The second-order valence-electron chi connectivity index (χ2n) is 12.4. The van der Waals surface area contributed by atoms with Crippen LogP contribution in [0.2, 0.25) is 0 Å². The quantitative estimate of drug-likeness (QED) is 0.239. The molecular formula is C36H35F3N8O3. The number of methoxy groups -OCH3 is 1. The molecule has 0 bridgehead atoms. The number of halogens is 3. The van der Waals surface area contributed by atoms with Gasteiger partial charge in [-0.25, -0.2) is 18.2 Å². The fourth-order valence-electron chi connectivity index (χ4n) is 6.63. The van der Waals surface area contributed by atoms with Crippen molar-refractivity contribution in [3.8, 4) is 16.9 Å². The van der Waals surface area contributed by atoms with E-state index in [-0.39, 0.29) is 41.8 Å². The Morgan fingerprint density at radius 3 is 2.54 bits per heavy atom. The summed E-state index contributed by atoms with van der Waals surface area (Å²) in [5, 5.41) is 8.17. The monoisotopic (exact) mass is 684 g/mol. The van der Waals surface area contributed by atoms with Crippen molar-refractivity contribution in [3.63, 3.8) is 0 Å². The van der Waals surface area contributed by atoms with Crippen molar-refractivity contribution in [1.82, 2.24) is 34.8 Å². The summed E-state index contributed by atoms with van der Waals surface area (Å²) in [4.78, 5) is 39.5. The van der Waals surface area contributed by atoms with Crippen LogP contribution < -0.4 is 9.64 Å². The molecule has 1 saturated heterocycles. The number of anilines is 1. The molecule has 2 aliphatic rings. The van der Waals surface area contributed by atoms with Crippen molar-refractivity contribution >= 4 is 34.1 Å². The molecule has 5 heterocycles. The van der Waals surface area contributed by atoms with E-state index in [1.54, 1.807) is 58.1 Å². The number of rotatable bonds is 8. The second-order valence-corrected chi connectivity index (χ2v) is 12.4. The highest BCUT2D eigenvalue weighted by Gasteiger charge is 2.28. The number of hydrogen-bond donors (Lipinski definition) is 1. The molecule has 0 radical (unpaired) electrons. The largest absolute Gasteiger partial charge is 0.493 e. The average Bonchev–Trinajstić information content (AvgIpc) is 3.83. The molecule has 2 amide bonds. The maximum absolute atomic E-state index is 16.6. The SMILES string of the molecule is COc1cc(F)cnc1N1CCN(C(=O)c2cc3c(-c4ccc(F)c(C)c4)cc(C4=CCCN(C(=O)CCn5ccnn5)C4)c(F)c3[nH]2)CC1. The molecule has 7 rings (SSSR count). The first-order chi connectivity index (χ1) is 24.2. The number of benzene rings is 2. The van der Waals surface area contributed by atoms with E-state index in [4.69, 9.17) is 4.74 Å². The Kier molecular flexibility index (Phi) is 9.00. The van der Waals surface area contributed by atoms with Gasteiger partial charge in [0.15, 0.2) is 17.4 Å². The van der Waals surface area contributed by atoms with E-state index < -0.39 is 11.6 Å². The van der Waals surface area contributed by atoms with E-state index in [0.29, 0.717) is 90.5 Å². The fraction of sp³-hybridized carbons (Fsp3) is 0.306. The summed E-state index contributed by atoms with van der Waals surface area (Å²) >= 11 is 0. The third-order valence-corrected chi connectivity index (χ3v) is 9.31. The number of H-pyrrole nitrogens is 1. The number of amides is 2. The van der Waals surface area contributed by atoms with E-state index >= 15 is 4.39 Å². The smallest absolute Gasteiger partial charge is 0.270 e. The number of hydrogen-bond acceptors (Lipinski definition) is 7. The van der Waals surface area contributed by atoms with Gasteiger partial charge in [-0.2, -0.15) is 0 Å². The minimum absolute atomic E-state index is 0.0801. The first-order valence-corrected chi connectivity index (χ1v) is 16.4. The van der Waals surface area contributed by atoms with Crippen molar-refractivity contribution < 1.29 is 27.5 Å². The maximum Gasteiger partial charge on any atom is 0.270 e. The lowest BCUT2D eigenvalue weighted by Gasteiger charge is -2.35. The molecule has 2 aliphatic heterocycles. The van der Waals surface area contributed by atoms with Crippen LogP contribution in [0.25, 0.3) is 27.6 Å². The van der Waals surface area contributed by atoms with Gasteiger partial charge in [-0.05, 0) is 59.9 Å². The number of aromatic nitrogens is 5. The third-order valence-electron chi connectivity index (χ3n) is 9.31. The number of carbonyl (C=O) groups excluding carboxylic acids is 2. The van der Waals surface area contributed by atoms with Gasteiger partial charge < -0.3 is 24.4 Å². The molecule has 0 saturated carbocycles. The molecule has 1 N–H and O–H groups in total. The predicted octanol–water partition coefficient (Wildman–Crippen LogP) is 5.22. The third kappa shape index (κ3) is 6.40. The summed E-state index contributed by atoms with van der Waals surface area (Å²) in [6, 6.07) is 9.35. The van der Waals surface area contributed by atoms with E-state index in [1.807, 2.05) is 11.0 Å². The highest BCUT2D eigenvalue weighted by molar-refractivity contribution is 6.04. The predicted molar refractivity (Wildman–Crippen MR) is 181 cm³/mol. The standard InChI is InChI=1S/C36H35F3N8O3/c1-22-16-23(5-6-29(22)38)26-18-27(24-4-3-9-46(21-24)32(48)7-10-47-11-8-41-43-47)33(39)34-28(26)19-30(42-34)36(49)45-14-12-44(13-15-45)35-31(50-2)17-25(37)20-40-35/h4-6,8,11,16-20,42H,3,7,9-10,12-15,21H2,1-2H3. The van der Waals surface area contributed by atoms with Gasteiger partial charge in [0.1, 0.15) is 17.3 Å². The fourth-order valence-corrected chi connectivity index (χ4v) is 6.63. The van der Waals surface area contributed by atoms with Crippen LogP contribution in [0, 0.1) is 24.4 Å². The number of carbonyl (C=O) groups is 2. The molecule has 1 fully saturated rings. The van der Waals surface area contributed by atoms with Gasteiger partial charge in [0, 0.05) is 68.9 Å². The Morgan fingerprint density at radius 1 is 0.980 bits per heavy atom. The number of nitrogens with zero attached hydrogens (tertiary/aromatic N) is 7. The molecule has 0 unspecified atom stereocenters. The Hall–Kier alpha value is -5.66. The zero-order valence-corrected chi connectivity index (χ0v) is 27.6. The van der Waals surface area contributed by atoms with Crippen LogP contribution in [-0.2, 0) is 11.3 Å². The molecule has 3 aromatic heterocycles. The van der Waals surface area contributed by atoms with Gasteiger partial charge in [-0.3, -0.25) is 14.3 Å². The summed E-state index contributed by atoms with van der Waals surface area (Å²) < 4.78 is 51.5. The number of aromatic amines is 1. The highest BCUT2D eigenvalue weighted by Crippen LogP contribution is 2.38. The van der Waals surface area contributed by atoms with Crippen molar-refractivity contribution in [2.24, 2.45) is 0 Å². The lowest BCUT2D eigenvalue weighted by molar-refractivity contribution is -0.131. The van der Waals surface area contributed by atoms with Crippen LogP contribution in [0.1, 0.15) is 34.5 Å². The van der Waals surface area contributed by atoms with Gasteiger partial charge in [0.05, 0.1) is 31.6 Å². The van der Waals surface area contributed by atoms with Crippen LogP contribution in [0.4, 0.5) is 19.0 Å². The zero-order chi connectivity index (χ0) is 34.9. The van der Waals surface area contributed by atoms with Crippen LogP contribution in [0.15, 0.2) is 61.1 Å². The van der Waals surface area contributed by atoms with Crippen molar-refractivity contribution in [2.45, 2.75) is 26.3 Å². The lowest BCUT2D eigenvalue weighted by Crippen LogP contribution is -2.49. The molecular weight excluding hydrogens is 649 g/mol. The molecule has 2 aromatic carbocycles. The number of nitrogens with one attached hydrogen (secondary N) is 1. The number of aryl methyl sites for hydroxylation is 2. The van der Waals surface area contributed by atoms with Crippen LogP contribution in [0.5, 0.6) is 5.75 Å². The molecule has 0 atom stereocenters. The summed E-state index contributed by atoms with van der Waals surface area (Å²) in [7, 11) is 1.45. The van der Waals surface area contributed by atoms with E-state index in [1.165, 1.54) is 19.2 Å². The van der Waals surface area contributed by atoms with E-state index in [9.17, 15) is 18.4 Å². The van der Waals surface area contributed by atoms with E-state index in [0.717, 1.165) is 6.20 Å². The van der Waals surface area contributed by atoms with Crippen molar-refractivity contribution in [1.29, 1.82) is 0 Å².